The number of aromatic nitrogens is 4. The summed E-state index contributed by atoms with van der Waals surface area (Å²) in [7, 11) is 0. The van der Waals surface area contributed by atoms with Crippen molar-refractivity contribution >= 4 is 22.9 Å². The molecule has 0 aliphatic heterocycles. The lowest BCUT2D eigenvalue weighted by Gasteiger charge is -2.08. The highest BCUT2D eigenvalue weighted by Crippen LogP contribution is 2.25. The maximum absolute atomic E-state index is 12.5. The van der Waals surface area contributed by atoms with E-state index in [2.05, 4.69) is 20.4 Å². The van der Waals surface area contributed by atoms with Crippen LogP contribution in [0.1, 0.15) is 10.5 Å². The van der Waals surface area contributed by atoms with Crippen LogP contribution in [0.3, 0.4) is 0 Å². The van der Waals surface area contributed by atoms with Gasteiger partial charge in [-0.2, -0.15) is 5.10 Å². The summed E-state index contributed by atoms with van der Waals surface area (Å²) in [6.07, 6.45) is 6.62. The molecule has 1 N–H and O–H groups in total. The third-order valence-electron chi connectivity index (χ3n) is 3.23. The van der Waals surface area contributed by atoms with Crippen LogP contribution in [0.2, 0.25) is 0 Å². The number of nitrogens with zero attached hydrogens (tertiary/aromatic N) is 4. The molecule has 0 aliphatic rings. The van der Waals surface area contributed by atoms with Crippen molar-refractivity contribution in [3.8, 4) is 16.6 Å². The number of pyridine rings is 1. The summed E-state index contributed by atoms with van der Waals surface area (Å²) in [6, 6.07) is 8.88. The van der Waals surface area contributed by atoms with E-state index in [1.165, 1.54) is 11.3 Å². The molecule has 0 atom stereocenters. The van der Waals surface area contributed by atoms with Gasteiger partial charge in [0.1, 0.15) is 5.69 Å². The topological polar surface area (TPSA) is 85.8 Å². The van der Waals surface area contributed by atoms with Gasteiger partial charge in [0.2, 0.25) is 0 Å². The van der Waals surface area contributed by atoms with E-state index in [0.29, 0.717) is 28.0 Å². The molecule has 0 saturated heterocycles. The Morgan fingerprint density at radius 1 is 1.21 bits per heavy atom. The van der Waals surface area contributed by atoms with E-state index in [-0.39, 0.29) is 5.91 Å². The monoisotopic (exact) mass is 337 g/mol. The third-order valence-corrected chi connectivity index (χ3v) is 4.08. The SMILES string of the molecule is O=C(Nc1cccnc1-n1cccn1)c1csc(-c2ccco2)n1. The summed E-state index contributed by atoms with van der Waals surface area (Å²) in [5, 5.41) is 9.31. The number of hydrogen-bond donors (Lipinski definition) is 1. The van der Waals surface area contributed by atoms with Crippen molar-refractivity contribution in [1.82, 2.24) is 19.7 Å². The van der Waals surface area contributed by atoms with Gasteiger partial charge in [0.05, 0.1) is 12.0 Å². The number of amides is 1. The lowest BCUT2D eigenvalue weighted by atomic mass is 10.3. The molecule has 24 heavy (non-hydrogen) atoms. The zero-order valence-electron chi connectivity index (χ0n) is 12.3. The molecule has 0 radical (unpaired) electrons. The summed E-state index contributed by atoms with van der Waals surface area (Å²) >= 11 is 1.35. The molecule has 0 aliphatic carbocycles. The zero-order chi connectivity index (χ0) is 16.4. The minimum absolute atomic E-state index is 0.314. The van der Waals surface area contributed by atoms with Gasteiger partial charge in [-0.05, 0) is 30.3 Å². The quantitative estimate of drug-likeness (QED) is 0.618. The van der Waals surface area contributed by atoms with Gasteiger partial charge < -0.3 is 9.73 Å². The van der Waals surface area contributed by atoms with E-state index in [9.17, 15) is 4.79 Å². The van der Waals surface area contributed by atoms with Gasteiger partial charge in [0, 0.05) is 24.0 Å². The van der Waals surface area contributed by atoms with Crippen molar-refractivity contribution < 1.29 is 9.21 Å². The van der Waals surface area contributed by atoms with Crippen molar-refractivity contribution in [3.05, 3.63) is 66.3 Å². The molecule has 4 heterocycles. The minimum Gasteiger partial charge on any atom is -0.462 e. The van der Waals surface area contributed by atoms with Crippen LogP contribution in [-0.4, -0.2) is 25.7 Å². The minimum atomic E-state index is -0.314. The average molecular weight is 337 g/mol. The highest BCUT2D eigenvalue weighted by Gasteiger charge is 2.15. The largest absolute Gasteiger partial charge is 0.462 e. The fourth-order valence-corrected chi connectivity index (χ4v) is 2.92. The van der Waals surface area contributed by atoms with E-state index in [0.717, 1.165) is 0 Å². The van der Waals surface area contributed by atoms with Gasteiger partial charge in [-0.25, -0.2) is 14.6 Å². The van der Waals surface area contributed by atoms with E-state index >= 15 is 0 Å². The summed E-state index contributed by atoms with van der Waals surface area (Å²) in [4.78, 5) is 21.0. The summed E-state index contributed by atoms with van der Waals surface area (Å²) in [6.45, 7) is 0. The Hall–Kier alpha value is -3.26. The average Bonchev–Trinajstić information content (AvgIpc) is 3.35. The highest BCUT2D eigenvalue weighted by molar-refractivity contribution is 7.13. The van der Waals surface area contributed by atoms with E-state index in [4.69, 9.17) is 4.42 Å². The molecule has 4 aromatic heterocycles. The second-order valence-corrected chi connectivity index (χ2v) is 5.65. The fourth-order valence-electron chi connectivity index (χ4n) is 2.15. The Morgan fingerprint density at radius 3 is 2.96 bits per heavy atom. The van der Waals surface area contributed by atoms with Gasteiger partial charge >= 0.3 is 0 Å². The third kappa shape index (κ3) is 2.70. The van der Waals surface area contributed by atoms with Crippen molar-refractivity contribution in [2.24, 2.45) is 0 Å². The molecule has 1 amide bonds. The molecule has 8 heteroatoms. The van der Waals surface area contributed by atoms with Crippen molar-refractivity contribution in [3.63, 3.8) is 0 Å². The van der Waals surface area contributed by atoms with Crippen LogP contribution >= 0.6 is 11.3 Å². The number of rotatable bonds is 4. The first kappa shape index (κ1) is 14.3. The predicted octanol–water partition coefficient (Wildman–Crippen LogP) is 3.24. The highest BCUT2D eigenvalue weighted by atomic mass is 32.1. The molecule has 7 nitrogen and oxygen atoms in total. The van der Waals surface area contributed by atoms with Crippen molar-refractivity contribution in [1.29, 1.82) is 0 Å². The molecule has 0 saturated carbocycles. The number of anilines is 1. The fraction of sp³-hybridized carbons (Fsp3) is 0. The van der Waals surface area contributed by atoms with Crippen LogP contribution < -0.4 is 5.32 Å². The normalized spacial score (nSPS) is 10.7. The van der Waals surface area contributed by atoms with Crippen LogP contribution in [0.15, 0.2) is 65.0 Å². The number of thiazole rings is 1. The Kier molecular flexibility index (Phi) is 3.64. The first-order valence-corrected chi connectivity index (χ1v) is 7.95. The molecule has 118 valence electrons. The van der Waals surface area contributed by atoms with Gasteiger partial charge in [0.25, 0.3) is 5.91 Å². The van der Waals surface area contributed by atoms with E-state index < -0.39 is 0 Å². The molecular weight excluding hydrogens is 326 g/mol. The Bertz CT molecular complexity index is 960. The molecule has 0 unspecified atom stereocenters. The lowest BCUT2D eigenvalue weighted by molar-refractivity contribution is 0.102. The first-order chi connectivity index (χ1) is 11.8. The molecule has 4 aromatic rings. The predicted molar refractivity (Wildman–Crippen MR) is 89.1 cm³/mol. The molecule has 0 fully saturated rings. The molecule has 0 spiro atoms. The van der Waals surface area contributed by atoms with Gasteiger partial charge in [-0.3, -0.25) is 4.79 Å². The lowest BCUT2D eigenvalue weighted by Crippen LogP contribution is -2.15. The number of carbonyl (C=O) groups is 1. The first-order valence-electron chi connectivity index (χ1n) is 7.07. The number of furan rings is 1. The molecule has 0 bridgehead atoms. The molecule has 0 aromatic carbocycles. The van der Waals surface area contributed by atoms with Gasteiger partial charge in [-0.1, -0.05) is 0 Å². The van der Waals surface area contributed by atoms with Crippen molar-refractivity contribution in [2.75, 3.05) is 5.32 Å². The van der Waals surface area contributed by atoms with Crippen LogP contribution in [0.25, 0.3) is 16.6 Å². The number of hydrogen-bond acceptors (Lipinski definition) is 6. The van der Waals surface area contributed by atoms with E-state index in [1.807, 2.05) is 0 Å². The van der Waals surface area contributed by atoms with Gasteiger partial charge in [-0.15, -0.1) is 11.3 Å². The maximum Gasteiger partial charge on any atom is 0.275 e. The number of nitrogens with one attached hydrogen (secondary N) is 1. The second-order valence-electron chi connectivity index (χ2n) is 4.79. The summed E-state index contributed by atoms with van der Waals surface area (Å²) in [5.74, 6) is 0.862. The van der Waals surface area contributed by atoms with Crippen LogP contribution in [-0.2, 0) is 0 Å². The van der Waals surface area contributed by atoms with Crippen molar-refractivity contribution in [2.45, 2.75) is 0 Å². The van der Waals surface area contributed by atoms with Gasteiger partial charge in [0.15, 0.2) is 16.6 Å². The summed E-state index contributed by atoms with van der Waals surface area (Å²) in [5.41, 5.74) is 0.875. The zero-order valence-corrected chi connectivity index (χ0v) is 13.1. The Balaban J connectivity index is 1.59. The number of carbonyl (C=O) groups excluding carboxylic acids is 1. The Labute approximate surface area is 140 Å². The van der Waals surface area contributed by atoms with Crippen LogP contribution in [0.4, 0.5) is 5.69 Å². The summed E-state index contributed by atoms with van der Waals surface area (Å²) < 4.78 is 6.88. The standard InChI is InChI=1S/C16H11N5O2S/c22-15(12-10-24-16(20-12)13-5-2-9-23-13)19-11-4-1-6-17-14(11)21-8-3-7-18-21/h1-10H,(H,19,22). The molecule has 4 rings (SSSR count). The smallest absolute Gasteiger partial charge is 0.275 e. The maximum atomic E-state index is 12.5. The van der Waals surface area contributed by atoms with E-state index in [1.54, 1.807) is 65.2 Å². The Morgan fingerprint density at radius 2 is 2.17 bits per heavy atom. The van der Waals surface area contributed by atoms with Crippen LogP contribution in [0.5, 0.6) is 0 Å². The molecular formula is C16H11N5O2S. The second kappa shape index (κ2) is 6.09. The van der Waals surface area contributed by atoms with Crippen LogP contribution in [0, 0.1) is 0 Å².